The van der Waals surface area contributed by atoms with Gasteiger partial charge in [-0.1, -0.05) is 0 Å². The summed E-state index contributed by atoms with van der Waals surface area (Å²) in [6.07, 6.45) is 1.01. The quantitative estimate of drug-likeness (QED) is 0.588. The lowest BCUT2D eigenvalue weighted by molar-refractivity contribution is -0.115. The predicted molar refractivity (Wildman–Crippen MR) is 71.2 cm³/mol. The van der Waals surface area contributed by atoms with Gasteiger partial charge in [-0.2, -0.15) is 0 Å². The molecule has 0 fully saturated rings. The third-order valence-corrected chi connectivity index (χ3v) is 2.43. The van der Waals surface area contributed by atoms with Crippen LogP contribution in [0.25, 0.3) is 0 Å². The molecular formula is C12H10N4O5. The number of H-pyrrole nitrogens is 2. The molecule has 2 heterocycles. The standard InChI is InChI=1S/C12H10N4O5/c17-9(4-7-5-10(18)16-12(21)15-7)14-6-1-2-13-8(3-6)11(19)20/h1-3,5H,4H2,(H,19,20)(H,13,14,17)(H2,15,16,18,21). The molecular weight excluding hydrogens is 280 g/mol. The van der Waals surface area contributed by atoms with Gasteiger partial charge < -0.3 is 15.4 Å². The Morgan fingerprint density at radius 1 is 1.24 bits per heavy atom. The topological polar surface area (TPSA) is 145 Å². The summed E-state index contributed by atoms with van der Waals surface area (Å²) in [4.78, 5) is 52.6. The lowest BCUT2D eigenvalue weighted by Crippen LogP contribution is -2.25. The summed E-state index contributed by atoms with van der Waals surface area (Å²) in [5, 5.41) is 11.2. The Hall–Kier alpha value is -3.23. The first kappa shape index (κ1) is 14.2. The van der Waals surface area contributed by atoms with Crippen molar-refractivity contribution in [2.45, 2.75) is 6.42 Å². The number of rotatable bonds is 4. The highest BCUT2D eigenvalue weighted by Gasteiger charge is 2.09. The van der Waals surface area contributed by atoms with Crippen molar-refractivity contribution >= 4 is 17.6 Å². The zero-order chi connectivity index (χ0) is 15.4. The van der Waals surface area contributed by atoms with E-state index in [4.69, 9.17) is 5.11 Å². The van der Waals surface area contributed by atoms with Crippen LogP contribution in [0.5, 0.6) is 0 Å². The van der Waals surface area contributed by atoms with Crippen molar-refractivity contribution in [1.82, 2.24) is 15.0 Å². The fraction of sp³-hybridized carbons (Fsp3) is 0.0833. The number of carbonyl (C=O) groups is 2. The van der Waals surface area contributed by atoms with Crippen molar-refractivity contribution < 1.29 is 14.7 Å². The van der Waals surface area contributed by atoms with E-state index >= 15 is 0 Å². The maximum atomic E-state index is 11.8. The van der Waals surface area contributed by atoms with E-state index in [9.17, 15) is 19.2 Å². The van der Waals surface area contributed by atoms with Crippen molar-refractivity contribution in [1.29, 1.82) is 0 Å². The number of hydrogen-bond donors (Lipinski definition) is 4. The minimum absolute atomic E-state index is 0.147. The molecule has 2 rings (SSSR count). The lowest BCUT2D eigenvalue weighted by Gasteiger charge is -2.05. The third kappa shape index (κ3) is 3.86. The molecule has 1 amide bonds. The number of aromatic carboxylic acids is 1. The van der Waals surface area contributed by atoms with E-state index in [1.165, 1.54) is 18.3 Å². The van der Waals surface area contributed by atoms with Gasteiger partial charge in [-0.15, -0.1) is 0 Å². The predicted octanol–water partition coefficient (Wildman–Crippen LogP) is -0.662. The average molecular weight is 290 g/mol. The maximum Gasteiger partial charge on any atom is 0.354 e. The molecule has 0 saturated carbocycles. The Labute approximate surface area is 116 Å². The van der Waals surface area contributed by atoms with Crippen LogP contribution >= 0.6 is 0 Å². The average Bonchev–Trinajstić information content (AvgIpc) is 2.37. The summed E-state index contributed by atoms with van der Waals surface area (Å²) >= 11 is 0. The summed E-state index contributed by atoms with van der Waals surface area (Å²) in [5.41, 5.74) is -1.13. The number of hydrogen-bond acceptors (Lipinski definition) is 5. The van der Waals surface area contributed by atoms with Gasteiger partial charge in [-0.25, -0.2) is 14.6 Å². The molecule has 0 aliphatic heterocycles. The first-order chi connectivity index (χ1) is 9.94. The van der Waals surface area contributed by atoms with E-state index < -0.39 is 23.1 Å². The van der Waals surface area contributed by atoms with E-state index in [1.807, 2.05) is 4.98 Å². The zero-order valence-electron chi connectivity index (χ0n) is 10.5. The van der Waals surface area contributed by atoms with Crippen molar-refractivity contribution in [3.63, 3.8) is 0 Å². The summed E-state index contributed by atoms with van der Waals surface area (Å²) < 4.78 is 0. The highest BCUT2D eigenvalue weighted by molar-refractivity contribution is 5.93. The zero-order valence-corrected chi connectivity index (χ0v) is 10.5. The van der Waals surface area contributed by atoms with Crippen LogP contribution in [0.2, 0.25) is 0 Å². The molecule has 0 unspecified atom stereocenters. The number of nitrogens with one attached hydrogen (secondary N) is 3. The Morgan fingerprint density at radius 3 is 2.67 bits per heavy atom. The second kappa shape index (κ2) is 5.82. The summed E-state index contributed by atoms with van der Waals surface area (Å²) in [6.45, 7) is 0. The molecule has 0 atom stereocenters. The molecule has 0 aromatic carbocycles. The number of anilines is 1. The Morgan fingerprint density at radius 2 is 2.00 bits per heavy atom. The minimum Gasteiger partial charge on any atom is -0.477 e. The smallest absolute Gasteiger partial charge is 0.354 e. The summed E-state index contributed by atoms with van der Waals surface area (Å²) in [6, 6.07) is 3.71. The fourth-order valence-electron chi connectivity index (χ4n) is 1.62. The SMILES string of the molecule is O=C(Cc1cc(=O)[nH]c(=O)[nH]1)Nc1ccnc(C(=O)O)c1. The summed E-state index contributed by atoms with van der Waals surface area (Å²) in [5.74, 6) is -1.73. The van der Waals surface area contributed by atoms with E-state index in [0.29, 0.717) is 0 Å². The highest BCUT2D eigenvalue weighted by Crippen LogP contribution is 2.08. The molecule has 9 heteroatoms. The van der Waals surface area contributed by atoms with E-state index in [2.05, 4.69) is 15.3 Å². The van der Waals surface area contributed by atoms with Gasteiger partial charge in [-0.3, -0.25) is 14.6 Å². The normalized spacial score (nSPS) is 10.1. The number of aromatic amines is 2. The number of amides is 1. The van der Waals surface area contributed by atoms with Crippen LogP contribution in [-0.2, 0) is 11.2 Å². The van der Waals surface area contributed by atoms with Gasteiger partial charge in [0.05, 0.1) is 6.42 Å². The molecule has 108 valence electrons. The Balaban J connectivity index is 2.11. The molecule has 0 radical (unpaired) electrons. The summed E-state index contributed by atoms with van der Waals surface area (Å²) in [7, 11) is 0. The number of carboxylic acids is 1. The van der Waals surface area contributed by atoms with Gasteiger partial charge in [-0.05, 0) is 12.1 Å². The maximum absolute atomic E-state index is 11.8. The van der Waals surface area contributed by atoms with Crippen molar-refractivity contribution in [2.75, 3.05) is 5.32 Å². The first-order valence-electron chi connectivity index (χ1n) is 5.76. The Kier molecular flexibility index (Phi) is 3.93. The number of pyridine rings is 1. The molecule has 2 aromatic rings. The van der Waals surface area contributed by atoms with Crippen LogP contribution in [-0.4, -0.2) is 31.9 Å². The van der Waals surface area contributed by atoms with Crippen LogP contribution in [0.1, 0.15) is 16.2 Å². The van der Waals surface area contributed by atoms with E-state index in [1.54, 1.807) is 0 Å². The number of carbonyl (C=O) groups excluding carboxylic acids is 1. The van der Waals surface area contributed by atoms with Crippen LogP contribution in [0.15, 0.2) is 34.0 Å². The molecule has 9 nitrogen and oxygen atoms in total. The third-order valence-electron chi connectivity index (χ3n) is 2.43. The van der Waals surface area contributed by atoms with Gasteiger partial charge in [0.25, 0.3) is 5.56 Å². The van der Waals surface area contributed by atoms with Gasteiger partial charge >= 0.3 is 11.7 Å². The molecule has 0 bridgehead atoms. The van der Waals surface area contributed by atoms with Crippen LogP contribution < -0.4 is 16.6 Å². The number of carboxylic acid groups (broad SMARTS) is 1. The van der Waals surface area contributed by atoms with Crippen molar-refractivity contribution in [3.05, 3.63) is 56.6 Å². The molecule has 0 saturated heterocycles. The minimum atomic E-state index is -1.22. The lowest BCUT2D eigenvalue weighted by atomic mass is 10.2. The molecule has 21 heavy (non-hydrogen) atoms. The molecule has 4 N–H and O–H groups in total. The van der Waals surface area contributed by atoms with Gasteiger partial charge in [0.15, 0.2) is 0 Å². The van der Waals surface area contributed by atoms with Gasteiger partial charge in [0, 0.05) is 23.6 Å². The highest BCUT2D eigenvalue weighted by atomic mass is 16.4. The van der Waals surface area contributed by atoms with Gasteiger partial charge in [0.2, 0.25) is 5.91 Å². The molecule has 0 spiro atoms. The van der Waals surface area contributed by atoms with Gasteiger partial charge in [0.1, 0.15) is 5.69 Å². The van der Waals surface area contributed by atoms with Crippen LogP contribution in [0, 0.1) is 0 Å². The second-order valence-corrected chi connectivity index (χ2v) is 4.07. The molecule has 0 aliphatic rings. The van der Waals surface area contributed by atoms with Crippen molar-refractivity contribution in [3.8, 4) is 0 Å². The van der Waals surface area contributed by atoms with Crippen molar-refractivity contribution in [2.24, 2.45) is 0 Å². The fourth-order valence-corrected chi connectivity index (χ4v) is 1.62. The molecule has 0 aliphatic carbocycles. The monoisotopic (exact) mass is 290 g/mol. The largest absolute Gasteiger partial charge is 0.477 e. The Bertz CT molecular complexity index is 779. The van der Waals surface area contributed by atoms with Crippen LogP contribution in [0.4, 0.5) is 5.69 Å². The van der Waals surface area contributed by atoms with Crippen LogP contribution in [0.3, 0.4) is 0 Å². The second-order valence-electron chi connectivity index (χ2n) is 4.07. The number of nitrogens with zero attached hydrogens (tertiary/aromatic N) is 1. The first-order valence-corrected chi connectivity index (χ1v) is 5.76. The van der Waals surface area contributed by atoms with E-state index in [-0.39, 0.29) is 23.5 Å². The number of aromatic nitrogens is 3. The molecule has 2 aromatic heterocycles. The van der Waals surface area contributed by atoms with E-state index in [0.717, 1.165) is 6.07 Å².